The Morgan fingerprint density at radius 2 is 1.56 bits per heavy atom. The van der Waals surface area contributed by atoms with Gasteiger partial charge in [-0.25, -0.2) is 9.97 Å². The molecule has 120 valence electrons. The lowest BCUT2D eigenvalue weighted by molar-refractivity contribution is 1.23. The van der Waals surface area contributed by atoms with Gasteiger partial charge in [0.25, 0.3) is 0 Å². The van der Waals surface area contributed by atoms with Crippen LogP contribution in [0, 0.1) is 6.92 Å². The third-order valence-corrected chi connectivity index (χ3v) is 4.29. The summed E-state index contributed by atoms with van der Waals surface area (Å²) < 4.78 is 0. The van der Waals surface area contributed by atoms with Crippen LogP contribution in [0.3, 0.4) is 0 Å². The predicted octanol–water partition coefficient (Wildman–Crippen LogP) is 5.60. The molecule has 0 aliphatic heterocycles. The summed E-state index contributed by atoms with van der Waals surface area (Å²) in [5.74, 6) is 0.725. The zero-order valence-corrected chi connectivity index (χ0v) is 14.0. The van der Waals surface area contributed by atoms with Gasteiger partial charge < -0.3 is 0 Å². The summed E-state index contributed by atoms with van der Waals surface area (Å²) in [5, 5.41) is 1.03. The largest absolute Gasteiger partial charge is 0.264 e. The van der Waals surface area contributed by atoms with Crippen LogP contribution in [0.4, 0.5) is 5.69 Å². The minimum atomic E-state index is 0.725. The molecule has 3 aromatic carbocycles. The van der Waals surface area contributed by atoms with Crippen molar-refractivity contribution in [3.8, 4) is 22.6 Å². The lowest BCUT2D eigenvalue weighted by Crippen LogP contribution is -1.95. The Morgan fingerprint density at radius 3 is 2.36 bits per heavy atom. The van der Waals surface area contributed by atoms with E-state index >= 15 is 0 Å². The first-order chi connectivity index (χ1) is 12.3. The Hall–Kier alpha value is -3.33. The highest BCUT2D eigenvalue weighted by atomic mass is 14.9. The van der Waals surface area contributed by atoms with Gasteiger partial charge in [0.1, 0.15) is 0 Å². The molecule has 0 spiro atoms. The molecule has 0 fully saturated rings. The molecule has 0 bridgehead atoms. The Balaban J connectivity index is 2.00. The topological polar surface area (TPSA) is 38.1 Å². The van der Waals surface area contributed by atoms with Gasteiger partial charge in [0.15, 0.2) is 5.82 Å². The van der Waals surface area contributed by atoms with Gasteiger partial charge in [-0.2, -0.15) is 0 Å². The smallest absolute Gasteiger partial charge is 0.160 e. The first-order valence-electron chi connectivity index (χ1n) is 8.16. The lowest BCUT2D eigenvalue weighted by Gasteiger charge is -2.10. The van der Waals surface area contributed by atoms with E-state index in [4.69, 9.17) is 9.97 Å². The number of nitrogens with zero attached hydrogens (tertiary/aromatic N) is 3. The Labute approximate surface area is 146 Å². The molecule has 1 heterocycles. The number of aliphatic imine (C=N–C) groups is 1. The monoisotopic (exact) mass is 323 g/mol. The molecule has 4 aromatic rings. The minimum absolute atomic E-state index is 0.725. The molecule has 0 unspecified atom stereocenters. The van der Waals surface area contributed by atoms with Gasteiger partial charge in [-0.3, -0.25) is 4.99 Å². The first kappa shape index (κ1) is 15.2. The Bertz CT molecular complexity index is 1070. The van der Waals surface area contributed by atoms with E-state index in [2.05, 4.69) is 29.9 Å². The number of hydrogen-bond acceptors (Lipinski definition) is 3. The van der Waals surface area contributed by atoms with E-state index < -0.39 is 0 Å². The van der Waals surface area contributed by atoms with Crippen LogP contribution in [0.25, 0.3) is 33.5 Å². The Morgan fingerprint density at radius 1 is 0.800 bits per heavy atom. The van der Waals surface area contributed by atoms with Crippen molar-refractivity contribution in [1.82, 2.24) is 9.97 Å². The van der Waals surface area contributed by atoms with E-state index in [0.717, 1.165) is 44.8 Å². The average molecular weight is 323 g/mol. The highest BCUT2D eigenvalue weighted by Gasteiger charge is 2.12. The summed E-state index contributed by atoms with van der Waals surface area (Å²) in [6.07, 6.45) is 0. The zero-order chi connectivity index (χ0) is 17.2. The van der Waals surface area contributed by atoms with Crippen LogP contribution < -0.4 is 0 Å². The molecule has 25 heavy (non-hydrogen) atoms. The molecule has 1 aromatic heterocycles. The standard InChI is InChI=1S/C22H17N3/c1-15-12-13-17(14-20(15)23-2)21-18-10-6-7-11-19(18)24-22(25-21)16-8-4-3-5-9-16/h3-14H,2H2,1H3. The molecule has 0 atom stereocenters. The molecule has 0 aliphatic rings. The molecule has 0 aliphatic carbocycles. The summed E-state index contributed by atoms with van der Waals surface area (Å²) in [4.78, 5) is 13.7. The number of para-hydroxylation sites is 1. The number of aromatic nitrogens is 2. The van der Waals surface area contributed by atoms with Crippen molar-refractivity contribution in [3.05, 3.63) is 78.4 Å². The molecule has 0 radical (unpaired) electrons. The van der Waals surface area contributed by atoms with Crippen molar-refractivity contribution in [1.29, 1.82) is 0 Å². The normalized spacial score (nSPS) is 10.8. The number of aryl methyl sites for hydroxylation is 1. The van der Waals surface area contributed by atoms with Crippen LogP contribution in [-0.2, 0) is 0 Å². The van der Waals surface area contributed by atoms with Gasteiger partial charge in [-0.05, 0) is 31.3 Å². The van der Waals surface area contributed by atoms with Crippen molar-refractivity contribution >= 4 is 23.3 Å². The maximum absolute atomic E-state index is 4.87. The second-order valence-electron chi connectivity index (χ2n) is 5.94. The predicted molar refractivity (Wildman–Crippen MR) is 104 cm³/mol. The number of rotatable bonds is 3. The number of hydrogen-bond donors (Lipinski definition) is 0. The third-order valence-electron chi connectivity index (χ3n) is 4.29. The molecule has 3 heteroatoms. The van der Waals surface area contributed by atoms with E-state index in [9.17, 15) is 0 Å². The summed E-state index contributed by atoms with van der Waals surface area (Å²) in [6, 6.07) is 24.3. The maximum Gasteiger partial charge on any atom is 0.160 e. The van der Waals surface area contributed by atoms with Crippen molar-refractivity contribution in [2.75, 3.05) is 0 Å². The summed E-state index contributed by atoms with van der Waals surface area (Å²) in [6.45, 7) is 5.70. The fourth-order valence-corrected chi connectivity index (χ4v) is 2.94. The maximum atomic E-state index is 4.87. The number of benzene rings is 3. The fourth-order valence-electron chi connectivity index (χ4n) is 2.94. The van der Waals surface area contributed by atoms with Gasteiger partial charge in [-0.15, -0.1) is 0 Å². The first-order valence-corrected chi connectivity index (χ1v) is 8.16. The third kappa shape index (κ3) is 2.81. The van der Waals surface area contributed by atoms with E-state index in [-0.39, 0.29) is 0 Å². The quantitative estimate of drug-likeness (QED) is 0.460. The van der Waals surface area contributed by atoms with E-state index in [1.165, 1.54) is 0 Å². The highest BCUT2D eigenvalue weighted by molar-refractivity contribution is 5.94. The summed E-state index contributed by atoms with van der Waals surface area (Å²) >= 11 is 0. The van der Waals surface area contributed by atoms with Crippen LogP contribution in [0.15, 0.2) is 77.8 Å². The van der Waals surface area contributed by atoms with Gasteiger partial charge >= 0.3 is 0 Å². The number of fused-ring (bicyclic) bond motifs is 1. The second kappa shape index (κ2) is 6.29. The zero-order valence-electron chi connectivity index (χ0n) is 14.0. The van der Waals surface area contributed by atoms with Gasteiger partial charge in [-0.1, -0.05) is 60.7 Å². The molecular formula is C22H17N3. The van der Waals surface area contributed by atoms with Crippen molar-refractivity contribution < 1.29 is 0 Å². The average Bonchev–Trinajstić information content (AvgIpc) is 2.68. The molecule has 0 amide bonds. The SMILES string of the molecule is C=Nc1cc(-c2nc(-c3ccccc3)nc3ccccc23)ccc1C. The highest BCUT2D eigenvalue weighted by Crippen LogP contribution is 2.32. The fraction of sp³-hybridized carbons (Fsp3) is 0.0455. The van der Waals surface area contributed by atoms with Gasteiger partial charge in [0, 0.05) is 16.5 Å². The van der Waals surface area contributed by atoms with Gasteiger partial charge in [0.2, 0.25) is 0 Å². The molecule has 4 rings (SSSR count). The minimum Gasteiger partial charge on any atom is -0.264 e. The van der Waals surface area contributed by atoms with E-state index in [1.807, 2.05) is 61.5 Å². The molecule has 0 N–H and O–H groups in total. The van der Waals surface area contributed by atoms with Crippen LogP contribution in [0.2, 0.25) is 0 Å². The van der Waals surface area contributed by atoms with Gasteiger partial charge in [0.05, 0.1) is 16.9 Å². The molecule has 0 saturated heterocycles. The summed E-state index contributed by atoms with van der Waals surface area (Å²) in [7, 11) is 0. The Kier molecular flexibility index (Phi) is 3.82. The molecule has 0 saturated carbocycles. The molecular weight excluding hydrogens is 306 g/mol. The lowest BCUT2D eigenvalue weighted by atomic mass is 10.0. The van der Waals surface area contributed by atoms with Crippen LogP contribution in [0.5, 0.6) is 0 Å². The van der Waals surface area contributed by atoms with Crippen LogP contribution in [-0.4, -0.2) is 16.7 Å². The van der Waals surface area contributed by atoms with Crippen molar-refractivity contribution in [2.45, 2.75) is 6.92 Å². The van der Waals surface area contributed by atoms with Crippen molar-refractivity contribution in [2.24, 2.45) is 4.99 Å². The van der Waals surface area contributed by atoms with Crippen LogP contribution >= 0.6 is 0 Å². The molecule has 3 nitrogen and oxygen atoms in total. The van der Waals surface area contributed by atoms with Crippen molar-refractivity contribution in [3.63, 3.8) is 0 Å². The summed E-state index contributed by atoms with van der Waals surface area (Å²) in [5.41, 5.74) is 5.84. The van der Waals surface area contributed by atoms with E-state index in [1.54, 1.807) is 0 Å². The second-order valence-corrected chi connectivity index (χ2v) is 5.94. The van der Waals surface area contributed by atoms with E-state index in [0.29, 0.717) is 0 Å². The van der Waals surface area contributed by atoms with Crippen LogP contribution in [0.1, 0.15) is 5.56 Å².